The number of hydrogen-bond donors (Lipinski definition) is 2. The summed E-state index contributed by atoms with van der Waals surface area (Å²) in [6.07, 6.45) is 0. The second kappa shape index (κ2) is 5.24. The zero-order valence-electron chi connectivity index (χ0n) is 9.77. The number of aryl methyl sites for hydroxylation is 1. The van der Waals surface area contributed by atoms with Gasteiger partial charge in [-0.2, -0.15) is 4.98 Å². The Morgan fingerprint density at radius 1 is 1.35 bits per heavy atom. The van der Waals surface area contributed by atoms with Gasteiger partial charge in [0.2, 0.25) is 11.8 Å². The molecule has 0 aliphatic rings. The van der Waals surface area contributed by atoms with E-state index in [1.54, 1.807) is 6.92 Å². The molecule has 1 rings (SSSR count). The lowest BCUT2D eigenvalue weighted by molar-refractivity contribution is -0.133. The molecule has 1 aromatic heterocycles. The third kappa shape index (κ3) is 3.40. The summed E-state index contributed by atoms with van der Waals surface area (Å²) in [4.78, 5) is 26.1. The van der Waals surface area contributed by atoms with Crippen LogP contribution in [-0.2, 0) is 16.1 Å². The highest BCUT2D eigenvalue weighted by molar-refractivity contribution is 6.01. The van der Waals surface area contributed by atoms with Crippen LogP contribution in [0, 0.1) is 6.92 Å². The number of carboxylic acid groups (broad SMARTS) is 1. The fourth-order valence-electron chi connectivity index (χ4n) is 1.04. The number of amides is 1. The van der Waals surface area contributed by atoms with Crippen LogP contribution in [0.5, 0.6) is 0 Å². The summed E-state index contributed by atoms with van der Waals surface area (Å²) in [5, 5.41) is 14.8. The minimum atomic E-state index is -1.12. The van der Waals surface area contributed by atoms with Crippen molar-refractivity contribution >= 4 is 11.9 Å². The van der Waals surface area contributed by atoms with Gasteiger partial charge >= 0.3 is 5.97 Å². The Labute approximate surface area is 97.5 Å². The van der Waals surface area contributed by atoms with Crippen LogP contribution in [0.2, 0.25) is 0 Å². The molecule has 0 radical (unpaired) electrons. The number of carbonyl (C=O) groups is 2. The van der Waals surface area contributed by atoms with Crippen LogP contribution in [0.25, 0.3) is 0 Å². The molecule has 17 heavy (non-hydrogen) atoms. The number of aromatic nitrogens is 2. The van der Waals surface area contributed by atoms with Crippen molar-refractivity contribution < 1.29 is 19.2 Å². The summed E-state index contributed by atoms with van der Waals surface area (Å²) in [6.45, 7) is 4.55. The van der Waals surface area contributed by atoms with Gasteiger partial charge in [-0.05, 0) is 13.8 Å². The molecule has 0 saturated heterocycles. The Morgan fingerprint density at radius 3 is 2.47 bits per heavy atom. The predicted molar refractivity (Wildman–Crippen MR) is 56.9 cm³/mol. The van der Waals surface area contributed by atoms with E-state index in [4.69, 9.17) is 9.63 Å². The lowest BCUT2D eigenvalue weighted by Gasteiger charge is -2.04. The molecule has 0 aliphatic carbocycles. The fraction of sp³-hybridized carbons (Fsp3) is 0.400. The molecule has 0 fully saturated rings. The van der Waals surface area contributed by atoms with Crippen molar-refractivity contribution in [3.8, 4) is 0 Å². The van der Waals surface area contributed by atoms with E-state index in [1.165, 1.54) is 13.8 Å². The van der Waals surface area contributed by atoms with Crippen molar-refractivity contribution in [1.82, 2.24) is 15.5 Å². The van der Waals surface area contributed by atoms with Crippen LogP contribution in [0.15, 0.2) is 15.7 Å². The molecule has 0 aromatic carbocycles. The molecule has 0 spiro atoms. The highest BCUT2D eigenvalue weighted by Crippen LogP contribution is 2.04. The molecule has 0 bridgehead atoms. The third-order valence-electron chi connectivity index (χ3n) is 2.20. The quantitative estimate of drug-likeness (QED) is 0.737. The number of nitrogens with zero attached hydrogens (tertiary/aromatic N) is 2. The zero-order valence-corrected chi connectivity index (χ0v) is 9.77. The smallest absolute Gasteiger partial charge is 0.331 e. The van der Waals surface area contributed by atoms with Crippen LogP contribution < -0.4 is 5.32 Å². The van der Waals surface area contributed by atoms with Gasteiger partial charge in [-0.3, -0.25) is 4.79 Å². The van der Waals surface area contributed by atoms with E-state index in [0.717, 1.165) is 0 Å². The number of rotatable bonds is 4. The number of nitrogens with one attached hydrogen (secondary N) is 1. The second-order valence-corrected chi connectivity index (χ2v) is 3.47. The number of aliphatic carboxylic acids is 1. The first-order valence-corrected chi connectivity index (χ1v) is 4.90. The summed E-state index contributed by atoms with van der Waals surface area (Å²) in [5.41, 5.74) is 0.157. The monoisotopic (exact) mass is 239 g/mol. The Kier molecular flexibility index (Phi) is 3.97. The molecule has 0 saturated carbocycles. The minimum Gasteiger partial charge on any atom is -0.478 e. The van der Waals surface area contributed by atoms with E-state index in [-0.39, 0.29) is 17.7 Å². The van der Waals surface area contributed by atoms with Gasteiger partial charge < -0.3 is 14.9 Å². The number of carbonyl (C=O) groups excluding carboxylic acids is 1. The molecule has 0 unspecified atom stereocenters. The van der Waals surface area contributed by atoms with Crippen LogP contribution in [0.1, 0.15) is 25.6 Å². The van der Waals surface area contributed by atoms with Gasteiger partial charge in [-0.25, -0.2) is 4.79 Å². The van der Waals surface area contributed by atoms with Crippen molar-refractivity contribution in [3.63, 3.8) is 0 Å². The van der Waals surface area contributed by atoms with Crippen molar-refractivity contribution in [1.29, 1.82) is 0 Å². The van der Waals surface area contributed by atoms with E-state index >= 15 is 0 Å². The van der Waals surface area contributed by atoms with E-state index in [1.807, 2.05) is 0 Å². The molecule has 1 heterocycles. The van der Waals surface area contributed by atoms with Gasteiger partial charge in [0, 0.05) is 18.1 Å². The van der Waals surface area contributed by atoms with Gasteiger partial charge in [0.05, 0.1) is 6.54 Å². The Balaban J connectivity index is 2.62. The first-order chi connectivity index (χ1) is 7.91. The van der Waals surface area contributed by atoms with E-state index < -0.39 is 11.9 Å². The SMILES string of the molecule is CC(C(=O)O)=C(C)C(=O)NCc1noc(C)n1. The first-order valence-electron chi connectivity index (χ1n) is 4.90. The molecule has 0 aliphatic heterocycles. The normalized spacial score (nSPS) is 11.9. The average molecular weight is 239 g/mol. The van der Waals surface area contributed by atoms with Crippen LogP contribution in [-0.4, -0.2) is 27.1 Å². The van der Waals surface area contributed by atoms with Crippen molar-refractivity contribution in [3.05, 3.63) is 22.9 Å². The topological polar surface area (TPSA) is 105 Å². The van der Waals surface area contributed by atoms with E-state index in [2.05, 4.69) is 15.5 Å². The summed E-state index contributed by atoms with van der Waals surface area (Å²) in [7, 11) is 0. The maximum absolute atomic E-state index is 11.6. The molecule has 7 heteroatoms. The van der Waals surface area contributed by atoms with Crippen LogP contribution in [0.4, 0.5) is 0 Å². The van der Waals surface area contributed by atoms with Crippen LogP contribution >= 0.6 is 0 Å². The molecule has 0 atom stereocenters. The lowest BCUT2D eigenvalue weighted by atomic mass is 10.1. The maximum atomic E-state index is 11.6. The molecule has 7 nitrogen and oxygen atoms in total. The molecular weight excluding hydrogens is 226 g/mol. The van der Waals surface area contributed by atoms with Gasteiger partial charge in [-0.1, -0.05) is 5.16 Å². The lowest BCUT2D eigenvalue weighted by Crippen LogP contribution is -2.25. The first kappa shape index (κ1) is 12.9. The Bertz CT molecular complexity index is 476. The van der Waals surface area contributed by atoms with Gasteiger partial charge in [0.1, 0.15) is 0 Å². The fourth-order valence-corrected chi connectivity index (χ4v) is 1.04. The van der Waals surface area contributed by atoms with Crippen LogP contribution in [0.3, 0.4) is 0 Å². The highest BCUT2D eigenvalue weighted by Gasteiger charge is 2.13. The molecule has 1 amide bonds. The minimum absolute atomic E-state index is 0.00629. The molecular formula is C10H13N3O4. The van der Waals surface area contributed by atoms with Gasteiger partial charge in [-0.15, -0.1) is 0 Å². The summed E-state index contributed by atoms with van der Waals surface area (Å²) >= 11 is 0. The van der Waals surface area contributed by atoms with Gasteiger partial charge in [0.25, 0.3) is 0 Å². The number of hydrogen-bond acceptors (Lipinski definition) is 5. The summed E-state index contributed by atoms with van der Waals surface area (Å²) in [5.74, 6) is -0.833. The Hall–Kier alpha value is -2.18. The van der Waals surface area contributed by atoms with E-state index in [9.17, 15) is 9.59 Å². The zero-order chi connectivity index (χ0) is 13.0. The van der Waals surface area contributed by atoms with Crippen molar-refractivity contribution in [2.24, 2.45) is 0 Å². The maximum Gasteiger partial charge on any atom is 0.331 e. The van der Waals surface area contributed by atoms with Crippen molar-refractivity contribution in [2.75, 3.05) is 0 Å². The highest BCUT2D eigenvalue weighted by atomic mass is 16.5. The third-order valence-corrected chi connectivity index (χ3v) is 2.20. The number of carboxylic acids is 1. The molecule has 92 valence electrons. The molecule has 2 N–H and O–H groups in total. The largest absolute Gasteiger partial charge is 0.478 e. The standard InChI is InChI=1S/C10H13N3O4/c1-5(6(2)10(15)16)9(14)11-4-8-12-7(3)17-13-8/h4H2,1-3H3,(H,11,14)(H,15,16). The molecule has 1 aromatic rings. The summed E-state index contributed by atoms with van der Waals surface area (Å²) in [6, 6.07) is 0. The second-order valence-electron chi connectivity index (χ2n) is 3.47. The Morgan fingerprint density at radius 2 is 2.00 bits per heavy atom. The summed E-state index contributed by atoms with van der Waals surface area (Å²) < 4.78 is 4.72. The average Bonchev–Trinajstić information content (AvgIpc) is 2.69. The van der Waals surface area contributed by atoms with Gasteiger partial charge in [0.15, 0.2) is 5.82 Å². The van der Waals surface area contributed by atoms with E-state index in [0.29, 0.717) is 11.7 Å². The predicted octanol–water partition coefficient (Wildman–Crippen LogP) is 0.415. The van der Waals surface area contributed by atoms with Crippen molar-refractivity contribution in [2.45, 2.75) is 27.3 Å².